The van der Waals surface area contributed by atoms with Gasteiger partial charge in [0.05, 0.1) is 11.6 Å². The molecule has 1 aliphatic rings. The van der Waals surface area contributed by atoms with Gasteiger partial charge in [-0.25, -0.2) is 4.98 Å². The molecule has 1 saturated heterocycles. The van der Waals surface area contributed by atoms with Crippen molar-refractivity contribution in [3.63, 3.8) is 0 Å². The molecule has 3 aromatic rings. The first-order chi connectivity index (χ1) is 15.5. The fourth-order valence-electron chi connectivity index (χ4n) is 4.14. The minimum absolute atomic E-state index is 0.00989. The van der Waals surface area contributed by atoms with E-state index in [1.54, 1.807) is 0 Å². The number of hydrogen-bond donors (Lipinski definition) is 1. The maximum Gasteiger partial charge on any atom is 0.226 e. The lowest BCUT2D eigenvalue weighted by Gasteiger charge is -2.31. The van der Waals surface area contributed by atoms with Crippen LogP contribution in [0.25, 0.3) is 11.5 Å². The second-order valence-electron chi connectivity index (χ2n) is 8.49. The zero-order valence-corrected chi connectivity index (χ0v) is 19.5. The molecule has 1 aliphatic heterocycles. The highest BCUT2D eigenvalue weighted by Gasteiger charge is 2.27. The van der Waals surface area contributed by atoms with Crippen molar-refractivity contribution in [3.8, 4) is 11.5 Å². The maximum absolute atomic E-state index is 12.7. The van der Waals surface area contributed by atoms with Crippen LogP contribution in [-0.4, -0.2) is 28.9 Å². The average Bonchev–Trinajstić information content (AvgIpc) is 3.18. The van der Waals surface area contributed by atoms with Crippen LogP contribution in [0.3, 0.4) is 0 Å². The number of aryl methyl sites for hydroxylation is 2. The molecular formula is C26H30ClN3O2. The van der Waals surface area contributed by atoms with Crippen LogP contribution in [0.2, 0.25) is 5.02 Å². The number of oxazole rings is 1. The summed E-state index contributed by atoms with van der Waals surface area (Å²) in [4.78, 5) is 19.8. The molecule has 2 heterocycles. The summed E-state index contributed by atoms with van der Waals surface area (Å²) in [5, 5.41) is 3.78. The van der Waals surface area contributed by atoms with E-state index in [0.717, 1.165) is 54.9 Å². The second-order valence-corrected chi connectivity index (χ2v) is 8.93. The van der Waals surface area contributed by atoms with Crippen LogP contribution in [0.5, 0.6) is 0 Å². The summed E-state index contributed by atoms with van der Waals surface area (Å²) in [5.74, 6) is 1.60. The molecule has 1 atom stereocenters. The van der Waals surface area contributed by atoms with Gasteiger partial charge in [0.15, 0.2) is 0 Å². The molecule has 1 unspecified atom stereocenters. The van der Waals surface area contributed by atoms with Gasteiger partial charge in [-0.2, -0.15) is 0 Å². The highest BCUT2D eigenvalue weighted by atomic mass is 35.5. The molecule has 6 heteroatoms. The second kappa shape index (κ2) is 10.3. The summed E-state index contributed by atoms with van der Waals surface area (Å²) in [6.45, 7) is 7.03. The molecule has 1 amide bonds. The molecular weight excluding hydrogens is 422 g/mol. The molecule has 168 valence electrons. The van der Waals surface area contributed by atoms with Crippen molar-refractivity contribution in [1.29, 1.82) is 0 Å². The highest BCUT2D eigenvalue weighted by Crippen LogP contribution is 2.25. The van der Waals surface area contributed by atoms with Crippen LogP contribution in [0.15, 0.2) is 52.9 Å². The smallest absolute Gasteiger partial charge is 0.226 e. The quantitative estimate of drug-likeness (QED) is 0.523. The first-order valence-electron chi connectivity index (χ1n) is 11.3. The summed E-state index contributed by atoms with van der Waals surface area (Å²) in [6.07, 6.45) is 2.93. The Morgan fingerprint density at radius 3 is 2.59 bits per heavy atom. The largest absolute Gasteiger partial charge is 0.441 e. The van der Waals surface area contributed by atoms with Gasteiger partial charge >= 0.3 is 0 Å². The predicted molar refractivity (Wildman–Crippen MR) is 127 cm³/mol. The van der Waals surface area contributed by atoms with E-state index in [1.165, 1.54) is 5.56 Å². The first kappa shape index (κ1) is 22.6. The Morgan fingerprint density at radius 1 is 1.16 bits per heavy atom. The zero-order valence-electron chi connectivity index (χ0n) is 18.7. The SMILES string of the molecule is CCc1ccc(-c2nc(CN3CCCC(C(=O)NCc4ccc(Cl)cc4)C3)c(C)o2)cc1. The highest BCUT2D eigenvalue weighted by molar-refractivity contribution is 6.30. The lowest BCUT2D eigenvalue weighted by atomic mass is 9.97. The maximum atomic E-state index is 12.7. The Labute approximate surface area is 194 Å². The summed E-state index contributed by atoms with van der Waals surface area (Å²) >= 11 is 5.93. The molecule has 0 saturated carbocycles. The third kappa shape index (κ3) is 5.59. The van der Waals surface area contributed by atoms with E-state index in [-0.39, 0.29) is 11.8 Å². The lowest BCUT2D eigenvalue weighted by Crippen LogP contribution is -2.42. The number of likely N-dealkylation sites (tertiary alicyclic amines) is 1. The van der Waals surface area contributed by atoms with Gasteiger partial charge in [0.25, 0.3) is 0 Å². The van der Waals surface area contributed by atoms with Crippen LogP contribution in [0, 0.1) is 12.8 Å². The van der Waals surface area contributed by atoms with Gasteiger partial charge in [0.2, 0.25) is 11.8 Å². The molecule has 1 aromatic heterocycles. The monoisotopic (exact) mass is 451 g/mol. The number of halogens is 1. The van der Waals surface area contributed by atoms with Crippen molar-refractivity contribution >= 4 is 17.5 Å². The van der Waals surface area contributed by atoms with E-state index in [0.29, 0.717) is 24.0 Å². The van der Waals surface area contributed by atoms with Crippen molar-refractivity contribution in [2.45, 2.75) is 46.2 Å². The molecule has 32 heavy (non-hydrogen) atoms. The molecule has 0 aliphatic carbocycles. The van der Waals surface area contributed by atoms with Gasteiger partial charge in [-0.1, -0.05) is 42.8 Å². The van der Waals surface area contributed by atoms with E-state index in [2.05, 4.69) is 41.4 Å². The number of piperidine rings is 1. The number of carbonyl (C=O) groups is 1. The van der Waals surface area contributed by atoms with Gasteiger partial charge < -0.3 is 9.73 Å². The lowest BCUT2D eigenvalue weighted by molar-refractivity contribution is -0.127. The molecule has 4 rings (SSSR count). The number of carbonyl (C=O) groups excluding carboxylic acids is 1. The number of nitrogens with one attached hydrogen (secondary N) is 1. The van der Waals surface area contributed by atoms with Crippen LogP contribution in [0.4, 0.5) is 0 Å². The summed E-state index contributed by atoms with van der Waals surface area (Å²) in [7, 11) is 0. The minimum Gasteiger partial charge on any atom is -0.441 e. The fourth-order valence-corrected chi connectivity index (χ4v) is 4.27. The molecule has 0 spiro atoms. The number of rotatable bonds is 7. The first-order valence-corrected chi connectivity index (χ1v) is 11.7. The summed E-state index contributed by atoms with van der Waals surface area (Å²) < 4.78 is 5.96. The fraction of sp³-hybridized carbons (Fsp3) is 0.385. The van der Waals surface area contributed by atoms with E-state index in [1.807, 2.05) is 31.2 Å². The third-order valence-corrected chi connectivity index (χ3v) is 6.38. The summed E-state index contributed by atoms with van der Waals surface area (Å²) in [6, 6.07) is 15.9. The van der Waals surface area contributed by atoms with Crippen molar-refractivity contribution in [2.24, 2.45) is 5.92 Å². The van der Waals surface area contributed by atoms with Gasteiger partial charge in [-0.15, -0.1) is 0 Å². The number of amides is 1. The van der Waals surface area contributed by atoms with Crippen LogP contribution in [0.1, 0.15) is 42.3 Å². The minimum atomic E-state index is -0.00989. The van der Waals surface area contributed by atoms with E-state index < -0.39 is 0 Å². The molecule has 1 N–H and O–H groups in total. The van der Waals surface area contributed by atoms with Crippen LogP contribution < -0.4 is 5.32 Å². The zero-order chi connectivity index (χ0) is 22.5. The Balaban J connectivity index is 1.34. The molecule has 2 aromatic carbocycles. The molecule has 0 radical (unpaired) electrons. The van der Waals surface area contributed by atoms with Gasteiger partial charge in [0, 0.05) is 30.2 Å². The number of nitrogens with zero attached hydrogens (tertiary/aromatic N) is 2. The standard InChI is InChI=1S/C26H30ClN3O2/c1-3-19-6-10-21(11-7-19)26-29-24(18(2)32-26)17-30-14-4-5-22(16-30)25(31)28-15-20-8-12-23(27)13-9-20/h6-13,22H,3-5,14-17H2,1-2H3,(H,28,31). The van der Waals surface area contributed by atoms with Crippen molar-refractivity contribution in [1.82, 2.24) is 15.2 Å². The van der Waals surface area contributed by atoms with Crippen molar-refractivity contribution in [2.75, 3.05) is 13.1 Å². The Bertz CT molecular complexity index is 1040. The van der Waals surface area contributed by atoms with Crippen LogP contribution >= 0.6 is 11.6 Å². The Morgan fingerprint density at radius 2 is 1.88 bits per heavy atom. The number of benzene rings is 2. The van der Waals surface area contributed by atoms with Crippen molar-refractivity contribution in [3.05, 3.63) is 76.1 Å². The number of aromatic nitrogens is 1. The number of hydrogen-bond acceptors (Lipinski definition) is 4. The average molecular weight is 452 g/mol. The van der Waals surface area contributed by atoms with E-state index >= 15 is 0 Å². The van der Waals surface area contributed by atoms with Crippen molar-refractivity contribution < 1.29 is 9.21 Å². The summed E-state index contributed by atoms with van der Waals surface area (Å²) in [5.41, 5.74) is 4.29. The van der Waals surface area contributed by atoms with Crippen LogP contribution in [-0.2, 0) is 24.3 Å². The van der Waals surface area contributed by atoms with Gasteiger partial charge in [0.1, 0.15) is 5.76 Å². The molecule has 5 nitrogen and oxygen atoms in total. The predicted octanol–water partition coefficient (Wildman–Crippen LogP) is 5.39. The van der Waals surface area contributed by atoms with Gasteiger partial charge in [-0.3, -0.25) is 9.69 Å². The van der Waals surface area contributed by atoms with Gasteiger partial charge in [-0.05, 0) is 68.1 Å². The van der Waals surface area contributed by atoms with E-state index in [4.69, 9.17) is 21.0 Å². The Hall–Kier alpha value is -2.63. The van der Waals surface area contributed by atoms with E-state index in [9.17, 15) is 4.79 Å². The Kier molecular flexibility index (Phi) is 7.28. The molecule has 1 fully saturated rings. The molecule has 0 bridgehead atoms. The normalized spacial score (nSPS) is 16.8. The topological polar surface area (TPSA) is 58.4 Å². The third-order valence-electron chi connectivity index (χ3n) is 6.13.